The summed E-state index contributed by atoms with van der Waals surface area (Å²) < 4.78 is 23.1. The highest BCUT2D eigenvalue weighted by Crippen LogP contribution is 2.36. The summed E-state index contributed by atoms with van der Waals surface area (Å²) in [4.78, 5) is 54.1. The number of nitro benzene ring substituents is 1. The smallest absolute Gasteiger partial charge is 0.338 e. The molecule has 0 amide bonds. The van der Waals surface area contributed by atoms with Crippen LogP contribution in [-0.4, -0.2) is 35.6 Å². The van der Waals surface area contributed by atoms with Gasteiger partial charge in [-0.1, -0.05) is 29.5 Å². The van der Waals surface area contributed by atoms with E-state index in [4.69, 9.17) is 18.6 Å². The number of methoxy groups -OCH3 is 2. The van der Waals surface area contributed by atoms with Crippen molar-refractivity contribution in [2.45, 2.75) is 19.9 Å². The molecule has 0 fully saturated rings. The third kappa shape index (κ3) is 5.12. The molecular formula is C29H23N3O9S. The third-order valence-electron chi connectivity index (χ3n) is 6.45. The molecule has 2 aromatic carbocycles. The number of benzene rings is 2. The van der Waals surface area contributed by atoms with Gasteiger partial charge in [-0.25, -0.2) is 9.79 Å². The molecular weight excluding hydrogens is 566 g/mol. The molecule has 0 saturated heterocycles. The van der Waals surface area contributed by atoms with Crippen molar-refractivity contribution >= 4 is 35.0 Å². The summed E-state index contributed by atoms with van der Waals surface area (Å²) in [7, 11) is 2.64. The molecule has 4 aromatic rings. The Hall–Kier alpha value is -5.30. The van der Waals surface area contributed by atoms with Crippen LogP contribution in [0.3, 0.4) is 0 Å². The highest BCUT2D eigenvalue weighted by atomic mass is 32.1. The number of nitrogens with zero attached hydrogens (tertiary/aromatic N) is 3. The lowest BCUT2D eigenvalue weighted by Gasteiger charge is -2.25. The van der Waals surface area contributed by atoms with Crippen LogP contribution >= 0.6 is 11.3 Å². The number of fused-ring (bicyclic) bond motifs is 1. The monoisotopic (exact) mass is 589 g/mol. The summed E-state index contributed by atoms with van der Waals surface area (Å²) in [6.07, 6.45) is 1.51. The highest BCUT2D eigenvalue weighted by Gasteiger charge is 2.34. The zero-order valence-electron chi connectivity index (χ0n) is 22.8. The minimum atomic E-state index is -0.935. The lowest BCUT2D eigenvalue weighted by molar-refractivity contribution is -0.384. The largest absolute Gasteiger partial charge is 0.493 e. The number of para-hydroxylation sites is 1. The summed E-state index contributed by atoms with van der Waals surface area (Å²) in [5.41, 5.74) is 0.729. The van der Waals surface area contributed by atoms with Crippen molar-refractivity contribution in [1.82, 2.24) is 4.57 Å². The first kappa shape index (κ1) is 28.2. The Labute approximate surface area is 241 Å². The van der Waals surface area contributed by atoms with Crippen molar-refractivity contribution < 1.29 is 33.1 Å². The van der Waals surface area contributed by atoms with Crippen LogP contribution in [0, 0.1) is 10.1 Å². The van der Waals surface area contributed by atoms with E-state index < -0.39 is 28.5 Å². The van der Waals surface area contributed by atoms with E-state index >= 15 is 0 Å². The predicted molar refractivity (Wildman–Crippen MR) is 151 cm³/mol. The van der Waals surface area contributed by atoms with Crippen molar-refractivity contribution in [3.05, 3.63) is 107 Å². The summed E-state index contributed by atoms with van der Waals surface area (Å²) in [5.74, 6) is -0.249. The minimum Gasteiger partial charge on any atom is -0.493 e. The number of allylic oxidation sites excluding steroid dienone is 1. The van der Waals surface area contributed by atoms with E-state index in [9.17, 15) is 24.5 Å². The van der Waals surface area contributed by atoms with Crippen LogP contribution < -0.4 is 24.4 Å². The average molecular weight is 590 g/mol. The number of rotatable bonds is 7. The number of hydrogen-bond acceptors (Lipinski definition) is 11. The van der Waals surface area contributed by atoms with Gasteiger partial charge in [-0.05, 0) is 42.8 Å². The SMILES string of the molecule is COC(=O)C1=C(C)N=c2s/c(=C/c3ccc(-c4ccccc4[N+](=O)[O-])o3)c(=O)n2[C@@H]1c1ccc(OC(C)=O)c(OC)c1. The molecule has 3 heterocycles. The molecule has 0 saturated carbocycles. The molecule has 1 atom stereocenters. The lowest BCUT2D eigenvalue weighted by Crippen LogP contribution is -2.39. The molecule has 2 aromatic heterocycles. The number of nitro groups is 1. The molecule has 214 valence electrons. The summed E-state index contributed by atoms with van der Waals surface area (Å²) in [5, 5.41) is 11.5. The van der Waals surface area contributed by atoms with Gasteiger partial charge in [0.1, 0.15) is 11.5 Å². The zero-order chi connectivity index (χ0) is 30.1. The first-order valence-electron chi connectivity index (χ1n) is 12.4. The molecule has 1 aliphatic rings. The summed E-state index contributed by atoms with van der Waals surface area (Å²) in [6, 6.07) is 13.2. The molecule has 0 unspecified atom stereocenters. The molecule has 42 heavy (non-hydrogen) atoms. The van der Waals surface area contributed by atoms with Crippen LogP contribution in [0.1, 0.15) is 31.2 Å². The van der Waals surface area contributed by atoms with Crippen molar-refractivity contribution in [3.63, 3.8) is 0 Å². The number of ether oxygens (including phenoxy) is 3. The second-order valence-electron chi connectivity index (χ2n) is 9.05. The molecule has 0 aliphatic carbocycles. The van der Waals surface area contributed by atoms with Gasteiger partial charge >= 0.3 is 11.9 Å². The Morgan fingerprint density at radius 1 is 1.12 bits per heavy atom. The van der Waals surface area contributed by atoms with Crippen LogP contribution in [0.5, 0.6) is 11.5 Å². The molecule has 5 rings (SSSR count). The van der Waals surface area contributed by atoms with Gasteiger partial charge in [0.15, 0.2) is 16.3 Å². The van der Waals surface area contributed by atoms with E-state index in [1.807, 2.05) is 0 Å². The van der Waals surface area contributed by atoms with Gasteiger partial charge in [-0.3, -0.25) is 24.3 Å². The first-order chi connectivity index (χ1) is 20.1. The molecule has 12 nitrogen and oxygen atoms in total. The van der Waals surface area contributed by atoms with Gasteiger partial charge in [0.2, 0.25) is 0 Å². The number of hydrogen-bond donors (Lipinski definition) is 0. The summed E-state index contributed by atoms with van der Waals surface area (Å²) >= 11 is 1.09. The van der Waals surface area contributed by atoms with Crippen molar-refractivity contribution in [3.8, 4) is 22.8 Å². The quantitative estimate of drug-likeness (QED) is 0.136. The number of carbonyl (C=O) groups excluding carboxylic acids is 2. The number of aromatic nitrogens is 1. The van der Waals surface area contributed by atoms with Gasteiger partial charge in [0.25, 0.3) is 11.2 Å². The van der Waals surface area contributed by atoms with Gasteiger partial charge in [0.05, 0.1) is 46.6 Å². The van der Waals surface area contributed by atoms with Gasteiger partial charge in [-0.2, -0.15) is 0 Å². The third-order valence-corrected chi connectivity index (χ3v) is 7.43. The topological polar surface area (TPSA) is 152 Å². The van der Waals surface area contributed by atoms with E-state index in [2.05, 4.69) is 4.99 Å². The van der Waals surface area contributed by atoms with E-state index in [1.165, 1.54) is 43.9 Å². The number of furan rings is 1. The maximum Gasteiger partial charge on any atom is 0.338 e. The Bertz CT molecular complexity index is 1970. The fourth-order valence-electron chi connectivity index (χ4n) is 4.65. The summed E-state index contributed by atoms with van der Waals surface area (Å²) in [6.45, 7) is 2.90. The van der Waals surface area contributed by atoms with Crippen molar-refractivity contribution in [1.29, 1.82) is 0 Å². The van der Waals surface area contributed by atoms with Crippen LogP contribution in [0.15, 0.2) is 80.1 Å². The lowest BCUT2D eigenvalue weighted by atomic mass is 9.95. The van der Waals surface area contributed by atoms with Crippen LogP contribution in [-0.2, 0) is 14.3 Å². The minimum absolute atomic E-state index is 0.112. The fourth-order valence-corrected chi connectivity index (χ4v) is 5.67. The Morgan fingerprint density at radius 2 is 1.88 bits per heavy atom. The van der Waals surface area contributed by atoms with E-state index in [-0.39, 0.29) is 33.1 Å². The maximum absolute atomic E-state index is 13.8. The van der Waals surface area contributed by atoms with Gasteiger partial charge < -0.3 is 18.6 Å². The maximum atomic E-state index is 13.8. The Balaban J connectivity index is 1.65. The predicted octanol–water partition coefficient (Wildman–Crippen LogP) is 3.51. The fraction of sp³-hybridized carbons (Fsp3) is 0.172. The molecule has 1 aliphatic heterocycles. The van der Waals surface area contributed by atoms with E-state index in [1.54, 1.807) is 49.4 Å². The number of esters is 2. The molecule has 13 heteroatoms. The second kappa shape index (κ2) is 11.3. The van der Waals surface area contributed by atoms with E-state index in [0.29, 0.717) is 27.4 Å². The van der Waals surface area contributed by atoms with Crippen molar-refractivity contribution in [2.75, 3.05) is 14.2 Å². The zero-order valence-corrected chi connectivity index (χ0v) is 23.6. The van der Waals surface area contributed by atoms with Crippen LogP contribution in [0.25, 0.3) is 17.4 Å². The molecule has 0 N–H and O–H groups in total. The first-order valence-corrected chi connectivity index (χ1v) is 13.3. The van der Waals surface area contributed by atoms with Crippen LogP contribution in [0.2, 0.25) is 0 Å². The highest BCUT2D eigenvalue weighted by molar-refractivity contribution is 7.07. The molecule has 0 radical (unpaired) electrons. The van der Waals surface area contributed by atoms with E-state index in [0.717, 1.165) is 11.3 Å². The second-order valence-corrected chi connectivity index (χ2v) is 10.1. The standard InChI is InChI=1S/C29H23N3O9S/c1-15-25(28(35)39-4)26(17-9-11-22(40-16(2)33)23(13-17)38-3)31-27(34)24(42-29(31)30-15)14-18-10-12-21(41-18)19-7-5-6-8-20(19)32(36)37/h5-14,26H,1-4H3/b24-14+/t26-/m1/s1. The number of carbonyl (C=O) groups is 2. The van der Waals surface area contributed by atoms with Gasteiger partial charge in [0, 0.05) is 19.1 Å². The average Bonchev–Trinajstić information content (AvgIpc) is 3.56. The van der Waals surface area contributed by atoms with Crippen molar-refractivity contribution in [2.24, 2.45) is 4.99 Å². The normalized spacial score (nSPS) is 14.7. The van der Waals surface area contributed by atoms with Crippen LogP contribution in [0.4, 0.5) is 5.69 Å². The molecule has 0 bridgehead atoms. The Morgan fingerprint density at radius 3 is 2.57 bits per heavy atom. The Kier molecular flexibility index (Phi) is 7.59. The molecule has 0 spiro atoms. The van der Waals surface area contributed by atoms with Gasteiger partial charge in [-0.15, -0.1) is 0 Å². The number of thiazole rings is 1.